The van der Waals surface area contributed by atoms with E-state index < -0.39 is 11.2 Å². The number of aromatic nitrogens is 6. The Morgan fingerprint density at radius 3 is 2.44 bits per heavy atom. The summed E-state index contributed by atoms with van der Waals surface area (Å²) in [7, 11) is 3.00. The van der Waals surface area contributed by atoms with E-state index in [1.807, 2.05) is 32.9 Å². The van der Waals surface area contributed by atoms with Gasteiger partial charge in [-0.25, -0.2) is 9.78 Å². The van der Waals surface area contributed by atoms with Crippen LogP contribution in [0.2, 0.25) is 0 Å². The fraction of sp³-hybridized carbons (Fsp3) is 0.391. The van der Waals surface area contributed by atoms with Crippen molar-refractivity contribution in [3.8, 4) is 11.4 Å². The number of benzene rings is 1. The molecule has 4 rings (SSSR count). The average molecular weight is 466 g/mol. The van der Waals surface area contributed by atoms with Gasteiger partial charge < -0.3 is 14.4 Å². The summed E-state index contributed by atoms with van der Waals surface area (Å²) in [5, 5.41) is 6.89. The van der Waals surface area contributed by atoms with E-state index in [-0.39, 0.29) is 17.7 Å². The topological polar surface area (TPSA) is 130 Å². The quantitative estimate of drug-likeness (QED) is 0.462. The molecule has 0 aliphatic rings. The number of rotatable bonds is 6. The average Bonchev–Trinajstić information content (AvgIpc) is 3.45. The number of carbonyl (C=O) groups excluding carboxylic acids is 1. The van der Waals surface area contributed by atoms with Crippen molar-refractivity contribution in [1.29, 1.82) is 0 Å². The van der Waals surface area contributed by atoms with E-state index in [1.165, 1.54) is 17.9 Å². The van der Waals surface area contributed by atoms with Crippen molar-refractivity contribution < 1.29 is 9.32 Å². The highest BCUT2D eigenvalue weighted by Gasteiger charge is 2.22. The lowest BCUT2D eigenvalue weighted by Crippen LogP contribution is -2.37. The molecule has 0 spiro atoms. The molecule has 0 radical (unpaired) electrons. The minimum atomic E-state index is -0.429. The van der Waals surface area contributed by atoms with Crippen LogP contribution < -0.4 is 16.6 Å². The molecular weight excluding hydrogens is 438 g/mol. The van der Waals surface area contributed by atoms with Gasteiger partial charge >= 0.3 is 5.69 Å². The van der Waals surface area contributed by atoms with Gasteiger partial charge in [-0.05, 0) is 30.7 Å². The van der Waals surface area contributed by atoms with Gasteiger partial charge in [-0.1, -0.05) is 25.9 Å². The van der Waals surface area contributed by atoms with Crippen molar-refractivity contribution in [2.45, 2.75) is 45.6 Å². The van der Waals surface area contributed by atoms with Crippen molar-refractivity contribution in [3.63, 3.8) is 0 Å². The largest absolute Gasteiger partial charge is 0.338 e. The third kappa shape index (κ3) is 4.41. The molecule has 11 heteroatoms. The van der Waals surface area contributed by atoms with Crippen molar-refractivity contribution in [3.05, 3.63) is 57.3 Å². The molecule has 1 N–H and O–H groups in total. The van der Waals surface area contributed by atoms with Gasteiger partial charge in [0.25, 0.3) is 5.56 Å². The van der Waals surface area contributed by atoms with Gasteiger partial charge in [-0.15, -0.1) is 0 Å². The van der Waals surface area contributed by atoms with Gasteiger partial charge in [-0.3, -0.25) is 18.7 Å². The Labute approximate surface area is 195 Å². The van der Waals surface area contributed by atoms with Crippen molar-refractivity contribution in [2.75, 3.05) is 5.32 Å². The van der Waals surface area contributed by atoms with Crippen LogP contribution in [0.25, 0.3) is 22.6 Å². The van der Waals surface area contributed by atoms with Crippen LogP contribution in [-0.2, 0) is 30.8 Å². The Kier molecular flexibility index (Phi) is 5.94. The lowest BCUT2D eigenvalue weighted by Gasteiger charge is -2.10. The predicted octanol–water partition coefficient (Wildman–Crippen LogP) is 2.20. The molecule has 0 aliphatic heterocycles. The first kappa shape index (κ1) is 23.1. The highest BCUT2D eigenvalue weighted by Crippen LogP contribution is 2.24. The van der Waals surface area contributed by atoms with Crippen LogP contribution in [0.15, 0.2) is 44.7 Å². The first-order valence-electron chi connectivity index (χ1n) is 10.9. The zero-order valence-corrected chi connectivity index (χ0v) is 19.8. The molecule has 0 saturated carbocycles. The first-order valence-corrected chi connectivity index (χ1v) is 10.9. The normalized spacial score (nSPS) is 11.8. The number of amides is 1. The fourth-order valence-electron chi connectivity index (χ4n) is 3.55. The molecule has 0 saturated heterocycles. The summed E-state index contributed by atoms with van der Waals surface area (Å²) in [6.45, 7) is 6.42. The Morgan fingerprint density at radius 2 is 1.79 bits per heavy atom. The second-order valence-corrected chi connectivity index (χ2v) is 9.22. The standard InChI is InChI=1S/C23H27N7O4/c1-23(2,3)21-26-18(27-34-21)14-8-10-15(11-9-14)25-16(31)7-6-12-30-13-24-19-17(30)20(32)29(5)22(33)28(19)4/h8-11,13H,6-7,12H2,1-5H3,(H,25,31). The van der Waals surface area contributed by atoms with Crippen LogP contribution in [0.4, 0.5) is 5.69 Å². The van der Waals surface area contributed by atoms with Crippen molar-refractivity contribution in [2.24, 2.45) is 14.1 Å². The molecule has 0 bridgehead atoms. The first-order chi connectivity index (χ1) is 16.1. The molecule has 3 aromatic heterocycles. The van der Waals surface area contributed by atoms with E-state index in [2.05, 4.69) is 20.4 Å². The number of aryl methyl sites for hydroxylation is 2. The second-order valence-electron chi connectivity index (χ2n) is 9.22. The summed E-state index contributed by atoms with van der Waals surface area (Å²) in [4.78, 5) is 45.6. The number of hydrogen-bond donors (Lipinski definition) is 1. The zero-order chi connectivity index (χ0) is 24.6. The number of anilines is 1. The third-order valence-corrected chi connectivity index (χ3v) is 5.51. The molecule has 1 aromatic carbocycles. The van der Waals surface area contributed by atoms with Crippen LogP contribution in [0, 0.1) is 0 Å². The number of fused-ring (bicyclic) bond motifs is 1. The Hall–Kier alpha value is -4.02. The number of hydrogen-bond acceptors (Lipinski definition) is 7. The van der Waals surface area contributed by atoms with Crippen molar-refractivity contribution >= 4 is 22.8 Å². The van der Waals surface area contributed by atoms with Gasteiger partial charge in [0.1, 0.15) is 0 Å². The minimum absolute atomic E-state index is 0.146. The molecule has 4 aromatic rings. The Morgan fingerprint density at radius 1 is 1.09 bits per heavy atom. The van der Waals surface area contributed by atoms with Gasteiger partial charge in [-0.2, -0.15) is 4.98 Å². The monoisotopic (exact) mass is 465 g/mol. The van der Waals surface area contributed by atoms with E-state index in [4.69, 9.17) is 4.52 Å². The highest BCUT2D eigenvalue weighted by molar-refractivity contribution is 5.90. The maximum Gasteiger partial charge on any atom is 0.332 e. The van der Waals surface area contributed by atoms with Crippen LogP contribution >= 0.6 is 0 Å². The number of imidazole rings is 1. The van der Waals surface area contributed by atoms with Crippen LogP contribution in [0.3, 0.4) is 0 Å². The minimum Gasteiger partial charge on any atom is -0.338 e. The predicted molar refractivity (Wildman–Crippen MR) is 127 cm³/mol. The molecular formula is C23H27N7O4. The molecule has 1 amide bonds. The SMILES string of the molecule is Cn1c(=O)c2c(ncn2CCCC(=O)Nc2ccc(-c3noc(C(C)(C)C)n3)cc2)n(C)c1=O. The summed E-state index contributed by atoms with van der Waals surface area (Å²) >= 11 is 0. The molecule has 3 heterocycles. The van der Waals surface area contributed by atoms with Crippen LogP contribution in [0.5, 0.6) is 0 Å². The summed E-state index contributed by atoms with van der Waals surface area (Å²) < 4.78 is 9.39. The van der Waals surface area contributed by atoms with Crippen molar-refractivity contribution in [1.82, 2.24) is 28.8 Å². The fourth-order valence-corrected chi connectivity index (χ4v) is 3.55. The van der Waals surface area contributed by atoms with E-state index in [9.17, 15) is 14.4 Å². The second kappa shape index (κ2) is 8.73. The third-order valence-electron chi connectivity index (χ3n) is 5.51. The van der Waals surface area contributed by atoms with E-state index >= 15 is 0 Å². The maximum atomic E-state index is 12.5. The van der Waals surface area contributed by atoms with Gasteiger partial charge in [0.2, 0.25) is 17.6 Å². The van der Waals surface area contributed by atoms with Crippen LogP contribution in [-0.4, -0.2) is 34.7 Å². The number of nitrogens with one attached hydrogen (secondary N) is 1. The summed E-state index contributed by atoms with van der Waals surface area (Å²) in [6.07, 6.45) is 2.28. The Bertz CT molecular complexity index is 1470. The number of carbonyl (C=O) groups is 1. The number of nitrogens with zero attached hydrogens (tertiary/aromatic N) is 6. The molecule has 11 nitrogen and oxygen atoms in total. The van der Waals surface area contributed by atoms with E-state index in [0.717, 1.165) is 10.1 Å². The van der Waals surface area contributed by atoms with Gasteiger partial charge in [0.05, 0.1) is 6.33 Å². The Balaban J connectivity index is 1.36. The highest BCUT2D eigenvalue weighted by atomic mass is 16.5. The van der Waals surface area contributed by atoms with Gasteiger partial charge in [0, 0.05) is 43.7 Å². The van der Waals surface area contributed by atoms with E-state index in [0.29, 0.717) is 41.5 Å². The maximum absolute atomic E-state index is 12.5. The molecule has 0 unspecified atom stereocenters. The molecule has 34 heavy (non-hydrogen) atoms. The summed E-state index contributed by atoms with van der Waals surface area (Å²) in [6, 6.07) is 7.22. The molecule has 0 aliphatic carbocycles. The summed E-state index contributed by atoms with van der Waals surface area (Å²) in [5.74, 6) is 0.914. The zero-order valence-electron chi connectivity index (χ0n) is 19.8. The van der Waals surface area contributed by atoms with E-state index in [1.54, 1.807) is 23.7 Å². The summed E-state index contributed by atoms with van der Waals surface area (Å²) in [5.41, 5.74) is 1.06. The lowest BCUT2D eigenvalue weighted by molar-refractivity contribution is -0.116. The van der Waals surface area contributed by atoms with Gasteiger partial charge in [0.15, 0.2) is 11.2 Å². The lowest BCUT2D eigenvalue weighted by atomic mass is 9.97. The smallest absolute Gasteiger partial charge is 0.332 e. The molecule has 0 atom stereocenters. The molecule has 0 fully saturated rings. The molecule has 178 valence electrons. The van der Waals surface area contributed by atoms with Crippen LogP contribution in [0.1, 0.15) is 39.5 Å².